The lowest BCUT2D eigenvalue weighted by molar-refractivity contribution is -0.137. The fourth-order valence-corrected chi connectivity index (χ4v) is 2.02. The van der Waals surface area contributed by atoms with E-state index in [1.807, 2.05) is 0 Å². The molecule has 0 saturated carbocycles. The Hall–Kier alpha value is -1.54. The number of carboxylic acid groups (broad SMARTS) is 1. The van der Waals surface area contributed by atoms with E-state index in [0.29, 0.717) is 6.54 Å². The van der Waals surface area contributed by atoms with E-state index in [9.17, 15) is 9.59 Å². The van der Waals surface area contributed by atoms with E-state index in [4.69, 9.17) is 17.3 Å². The molecular formula is C16H28N2O3. The van der Waals surface area contributed by atoms with Crippen LogP contribution in [0.4, 0.5) is 0 Å². The Morgan fingerprint density at radius 2 is 1.57 bits per heavy atom. The number of unbranched alkanes of at least 4 members (excludes halogenated alkanes) is 7. The molecule has 1 atom stereocenters. The van der Waals surface area contributed by atoms with Gasteiger partial charge in [0.1, 0.15) is 0 Å². The van der Waals surface area contributed by atoms with Crippen molar-refractivity contribution in [2.45, 2.75) is 70.3 Å². The number of carbonyl (C=O) groups is 2. The first-order chi connectivity index (χ1) is 10.1. The minimum absolute atomic E-state index is 0.175. The topological polar surface area (TPSA) is 92.4 Å². The summed E-state index contributed by atoms with van der Waals surface area (Å²) in [5.74, 6) is 1.49. The summed E-state index contributed by atoms with van der Waals surface area (Å²) in [7, 11) is 0. The Balaban J connectivity index is 3.24. The number of nitrogens with one attached hydrogen (secondary N) is 1. The summed E-state index contributed by atoms with van der Waals surface area (Å²) in [5, 5.41) is 11.3. The number of amides is 1. The van der Waals surface area contributed by atoms with Gasteiger partial charge in [-0.3, -0.25) is 9.59 Å². The molecule has 0 saturated heterocycles. The highest BCUT2D eigenvalue weighted by Gasteiger charge is 2.10. The van der Waals surface area contributed by atoms with Crippen LogP contribution in [-0.4, -0.2) is 29.6 Å². The van der Waals surface area contributed by atoms with Gasteiger partial charge in [-0.15, -0.1) is 12.3 Å². The van der Waals surface area contributed by atoms with Crippen LogP contribution < -0.4 is 11.1 Å². The molecular weight excluding hydrogens is 268 g/mol. The third-order valence-electron chi connectivity index (χ3n) is 3.29. The molecule has 0 aromatic carbocycles. The lowest BCUT2D eigenvalue weighted by atomic mass is 10.1. The Labute approximate surface area is 127 Å². The summed E-state index contributed by atoms with van der Waals surface area (Å²) in [4.78, 5) is 21.8. The number of terminal acetylenes is 1. The third-order valence-corrected chi connectivity index (χ3v) is 3.29. The predicted molar refractivity (Wildman–Crippen MR) is 83.6 cm³/mol. The molecule has 5 nitrogen and oxygen atoms in total. The number of aliphatic carboxylic acids is 1. The summed E-state index contributed by atoms with van der Waals surface area (Å²) in [6, 6.07) is -0.596. The number of rotatable bonds is 13. The number of hydrogen-bond donors (Lipinski definition) is 3. The van der Waals surface area contributed by atoms with Crippen molar-refractivity contribution in [2.24, 2.45) is 5.73 Å². The minimum Gasteiger partial charge on any atom is -0.481 e. The third kappa shape index (κ3) is 13.2. The molecule has 0 spiro atoms. The average molecular weight is 296 g/mol. The van der Waals surface area contributed by atoms with Crippen LogP contribution in [0.15, 0.2) is 0 Å². The van der Waals surface area contributed by atoms with Crippen molar-refractivity contribution in [3.8, 4) is 12.3 Å². The lowest BCUT2D eigenvalue weighted by Crippen LogP contribution is -2.40. The summed E-state index contributed by atoms with van der Waals surface area (Å²) in [6.07, 6.45) is 14.0. The number of nitrogens with two attached hydrogens (primary N) is 1. The van der Waals surface area contributed by atoms with E-state index >= 15 is 0 Å². The molecule has 0 bridgehead atoms. The molecule has 0 aliphatic heterocycles. The first-order valence-electron chi connectivity index (χ1n) is 7.76. The molecule has 0 fully saturated rings. The molecule has 21 heavy (non-hydrogen) atoms. The number of carbonyl (C=O) groups excluding carboxylic acids is 1. The van der Waals surface area contributed by atoms with Crippen molar-refractivity contribution in [3.63, 3.8) is 0 Å². The van der Waals surface area contributed by atoms with Crippen LogP contribution >= 0.6 is 0 Å². The van der Waals surface area contributed by atoms with Crippen molar-refractivity contribution in [1.82, 2.24) is 5.32 Å². The normalized spacial score (nSPS) is 11.6. The van der Waals surface area contributed by atoms with Gasteiger partial charge in [0, 0.05) is 19.4 Å². The quantitative estimate of drug-likeness (QED) is 0.358. The van der Waals surface area contributed by atoms with E-state index in [1.54, 1.807) is 0 Å². The summed E-state index contributed by atoms with van der Waals surface area (Å²) >= 11 is 0. The zero-order chi connectivity index (χ0) is 15.9. The van der Waals surface area contributed by atoms with Gasteiger partial charge in [-0.2, -0.15) is 0 Å². The molecule has 120 valence electrons. The number of carboxylic acids is 1. The monoisotopic (exact) mass is 296 g/mol. The SMILES string of the molecule is C#CC[C@H](N)C(=O)NCCCCCCCCCCC(=O)O. The smallest absolute Gasteiger partial charge is 0.303 e. The second kappa shape index (κ2) is 13.4. The van der Waals surface area contributed by atoms with Crippen LogP contribution in [-0.2, 0) is 9.59 Å². The molecule has 0 rings (SSSR count). The van der Waals surface area contributed by atoms with Crippen LogP contribution in [0.5, 0.6) is 0 Å². The molecule has 0 aliphatic rings. The van der Waals surface area contributed by atoms with Gasteiger partial charge in [-0.05, 0) is 12.8 Å². The Bertz CT molecular complexity index is 337. The van der Waals surface area contributed by atoms with Gasteiger partial charge in [0.25, 0.3) is 0 Å². The van der Waals surface area contributed by atoms with E-state index < -0.39 is 12.0 Å². The zero-order valence-corrected chi connectivity index (χ0v) is 12.8. The summed E-state index contributed by atoms with van der Waals surface area (Å²) < 4.78 is 0. The van der Waals surface area contributed by atoms with Crippen LogP contribution in [0, 0.1) is 12.3 Å². The molecule has 0 aromatic rings. The van der Waals surface area contributed by atoms with Crippen LogP contribution in [0.25, 0.3) is 0 Å². The molecule has 5 heteroatoms. The molecule has 0 radical (unpaired) electrons. The van der Waals surface area contributed by atoms with Crippen LogP contribution in [0.1, 0.15) is 64.2 Å². The molecule has 4 N–H and O–H groups in total. The zero-order valence-electron chi connectivity index (χ0n) is 12.8. The van der Waals surface area contributed by atoms with E-state index in [1.165, 1.54) is 0 Å². The lowest BCUT2D eigenvalue weighted by Gasteiger charge is -2.09. The molecule has 0 unspecified atom stereocenters. The molecule has 1 amide bonds. The minimum atomic E-state index is -0.709. The van der Waals surface area contributed by atoms with Gasteiger partial charge in [0.15, 0.2) is 0 Å². The summed E-state index contributed by atoms with van der Waals surface area (Å²) in [5.41, 5.74) is 5.58. The largest absolute Gasteiger partial charge is 0.481 e. The maximum Gasteiger partial charge on any atom is 0.303 e. The fraction of sp³-hybridized carbons (Fsp3) is 0.750. The van der Waals surface area contributed by atoms with Gasteiger partial charge in [-0.25, -0.2) is 0 Å². The highest BCUT2D eigenvalue weighted by atomic mass is 16.4. The molecule has 0 aliphatic carbocycles. The van der Waals surface area contributed by atoms with Gasteiger partial charge >= 0.3 is 5.97 Å². The van der Waals surface area contributed by atoms with E-state index in [-0.39, 0.29) is 18.7 Å². The highest BCUT2D eigenvalue weighted by Crippen LogP contribution is 2.09. The standard InChI is InChI=1S/C16H28N2O3/c1-2-11-14(17)16(21)18-13-10-8-6-4-3-5-7-9-12-15(19)20/h1,14H,3-13,17H2,(H,18,21)(H,19,20)/t14-/m0/s1. The second-order valence-corrected chi connectivity index (χ2v) is 5.28. The van der Waals surface area contributed by atoms with Gasteiger partial charge < -0.3 is 16.2 Å². The maximum atomic E-state index is 11.4. The Morgan fingerprint density at radius 1 is 1.05 bits per heavy atom. The van der Waals surface area contributed by atoms with Crippen LogP contribution in [0.2, 0.25) is 0 Å². The summed E-state index contributed by atoms with van der Waals surface area (Å²) in [6.45, 7) is 0.649. The van der Waals surface area contributed by atoms with Crippen molar-refractivity contribution >= 4 is 11.9 Å². The van der Waals surface area contributed by atoms with Crippen molar-refractivity contribution < 1.29 is 14.7 Å². The van der Waals surface area contributed by atoms with Gasteiger partial charge in [-0.1, -0.05) is 38.5 Å². The molecule has 0 aromatic heterocycles. The molecule has 0 heterocycles. The fourth-order valence-electron chi connectivity index (χ4n) is 2.02. The van der Waals surface area contributed by atoms with E-state index in [2.05, 4.69) is 11.2 Å². The predicted octanol–water partition coefficient (Wildman–Crippen LogP) is 2.05. The van der Waals surface area contributed by atoms with Gasteiger partial charge in [0.05, 0.1) is 6.04 Å². The Morgan fingerprint density at radius 3 is 2.10 bits per heavy atom. The van der Waals surface area contributed by atoms with Crippen molar-refractivity contribution in [2.75, 3.05) is 6.54 Å². The maximum absolute atomic E-state index is 11.4. The second-order valence-electron chi connectivity index (χ2n) is 5.28. The first-order valence-corrected chi connectivity index (χ1v) is 7.76. The van der Waals surface area contributed by atoms with Gasteiger partial charge in [0.2, 0.25) is 5.91 Å². The van der Waals surface area contributed by atoms with Crippen molar-refractivity contribution in [1.29, 1.82) is 0 Å². The number of hydrogen-bond acceptors (Lipinski definition) is 3. The van der Waals surface area contributed by atoms with E-state index in [0.717, 1.165) is 51.4 Å². The first kappa shape index (κ1) is 19.5. The Kier molecular flexibility index (Phi) is 12.5. The average Bonchev–Trinajstić information content (AvgIpc) is 2.44. The highest BCUT2D eigenvalue weighted by molar-refractivity contribution is 5.81. The van der Waals surface area contributed by atoms with Crippen LogP contribution in [0.3, 0.4) is 0 Å². The van der Waals surface area contributed by atoms with Crippen molar-refractivity contribution in [3.05, 3.63) is 0 Å².